The van der Waals surface area contributed by atoms with Gasteiger partial charge in [0.2, 0.25) is 10.0 Å². The number of aliphatic hydroxyl groups excluding tert-OH is 1. The Bertz CT molecular complexity index is 491. The van der Waals surface area contributed by atoms with Crippen LogP contribution in [0.2, 0.25) is 0 Å². The topological polar surface area (TPSA) is 70.5 Å². The Morgan fingerprint density at radius 2 is 2.25 bits per heavy atom. The molecule has 0 amide bonds. The standard InChI is InChI=1S/C9H11BrN2O3S/c10-7-3-9(5-11-4-7)16(14,15)12-2-1-8(13)6-12/h3-5,8,13H,1-2,6H2/t8-/m0/s1. The molecule has 88 valence electrons. The first-order chi connectivity index (χ1) is 7.50. The van der Waals surface area contributed by atoms with Crippen molar-refractivity contribution in [3.05, 3.63) is 22.9 Å². The molecule has 16 heavy (non-hydrogen) atoms. The van der Waals surface area contributed by atoms with E-state index in [-0.39, 0.29) is 11.4 Å². The molecule has 1 saturated heterocycles. The van der Waals surface area contributed by atoms with Crippen LogP contribution in [-0.4, -0.2) is 42.0 Å². The number of halogens is 1. The molecule has 5 nitrogen and oxygen atoms in total. The van der Waals surface area contributed by atoms with Crippen LogP contribution in [-0.2, 0) is 10.0 Å². The van der Waals surface area contributed by atoms with Crippen molar-refractivity contribution < 1.29 is 13.5 Å². The average molecular weight is 307 g/mol. The zero-order chi connectivity index (χ0) is 11.8. The lowest BCUT2D eigenvalue weighted by molar-refractivity contribution is 0.189. The van der Waals surface area contributed by atoms with Gasteiger partial charge in [-0.1, -0.05) is 0 Å². The number of nitrogens with zero attached hydrogens (tertiary/aromatic N) is 2. The minimum atomic E-state index is -3.51. The van der Waals surface area contributed by atoms with E-state index in [2.05, 4.69) is 20.9 Å². The predicted octanol–water partition coefficient (Wildman–Crippen LogP) is 0.599. The molecule has 0 bridgehead atoms. The van der Waals surface area contributed by atoms with Gasteiger partial charge >= 0.3 is 0 Å². The normalized spacial score (nSPS) is 22.5. The number of β-amino-alcohol motifs (C(OH)–C–C–N with tert-alkyl or cyclic N) is 1. The minimum absolute atomic E-state index is 0.149. The monoisotopic (exact) mass is 306 g/mol. The second-order valence-corrected chi connectivity index (χ2v) is 6.50. The molecular formula is C9H11BrN2O3S. The van der Waals surface area contributed by atoms with Crippen LogP contribution >= 0.6 is 15.9 Å². The van der Waals surface area contributed by atoms with E-state index in [1.54, 1.807) is 0 Å². The summed E-state index contributed by atoms with van der Waals surface area (Å²) in [5.41, 5.74) is 0. The Morgan fingerprint density at radius 3 is 2.81 bits per heavy atom. The fraction of sp³-hybridized carbons (Fsp3) is 0.444. The summed E-state index contributed by atoms with van der Waals surface area (Å²) in [7, 11) is -3.51. The molecule has 0 aromatic carbocycles. The number of pyridine rings is 1. The highest BCUT2D eigenvalue weighted by molar-refractivity contribution is 9.10. The summed E-state index contributed by atoms with van der Waals surface area (Å²) in [6.45, 7) is 0.519. The van der Waals surface area contributed by atoms with Crippen molar-refractivity contribution in [2.75, 3.05) is 13.1 Å². The van der Waals surface area contributed by atoms with Gasteiger partial charge in [-0.05, 0) is 28.4 Å². The Morgan fingerprint density at radius 1 is 1.50 bits per heavy atom. The third kappa shape index (κ3) is 2.27. The van der Waals surface area contributed by atoms with Gasteiger partial charge in [0.1, 0.15) is 4.90 Å². The van der Waals surface area contributed by atoms with Gasteiger partial charge in [0.25, 0.3) is 0 Å². The lowest BCUT2D eigenvalue weighted by atomic mass is 10.3. The molecule has 2 rings (SSSR count). The Labute approximate surface area is 102 Å². The van der Waals surface area contributed by atoms with Crippen LogP contribution in [0.4, 0.5) is 0 Å². The third-order valence-electron chi connectivity index (χ3n) is 2.44. The second kappa shape index (κ2) is 4.40. The van der Waals surface area contributed by atoms with Gasteiger partial charge in [-0.25, -0.2) is 8.42 Å². The zero-order valence-electron chi connectivity index (χ0n) is 8.38. The Hall–Kier alpha value is -0.500. The molecule has 0 radical (unpaired) electrons. The predicted molar refractivity (Wildman–Crippen MR) is 61.3 cm³/mol. The maximum absolute atomic E-state index is 12.1. The number of hydrogen-bond acceptors (Lipinski definition) is 4. The van der Waals surface area contributed by atoms with Crippen molar-refractivity contribution in [2.24, 2.45) is 0 Å². The molecule has 1 fully saturated rings. The highest BCUT2D eigenvalue weighted by atomic mass is 79.9. The first kappa shape index (κ1) is 12.0. The first-order valence-corrected chi connectivity index (χ1v) is 7.02. The molecule has 0 saturated carbocycles. The molecule has 1 atom stereocenters. The van der Waals surface area contributed by atoms with E-state index in [4.69, 9.17) is 0 Å². The summed E-state index contributed by atoms with van der Waals surface area (Å²) in [5, 5.41) is 9.33. The van der Waals surface area contributed by atoms with E-state index in [9.17, 15) is 13.5 Å². The van der Waals surface area contributed by atoms with Gasteiger partial charge < -0.3 is 5.11 Å². The van der Waals surface area contributed by atoms with Gasteiger partial charge in [0.15, 0.2) is 0 Å². The number of aliphatic hydroxyl groups is 1. The number of hydrogen-bond donors (Lipinski definition) is 1. The molecule has 0 unspecified atom stereocenters. The smallest absolute Gasteiger partial charge is 0.244 e. The fourth-order valence-corrected chi connectivity index (χ4v) is 3.61. The Balaban J connectivity index is 2.32. The molecular weight excluding hydrogens is 296 g/mol. The van der Waals surface area contributed by atoms with Crippen LogP contribution in [0, 0.1) is 0 Å². The molecule has 0 spiro atoms. The maximum atomic E-state index is 12.1. The summed E-state index contributed by atoms with van der Waals surface area (Å²) in [6, 6.07) is 1.51. The van der Waals surface area contributed by atoms with Crippen LogP contribution in [0.15, 0.2) is 27.8 Å². The highest BCUT2D eigenvalue weighted by Gasteiger charge is 2.31. The molecule has 1 aromatic rings. The van der Waals surface area contributed by atoms with Crippen molar-refractivity contribution in [2.45, 2.75) is 17.4 Å². The summed E-state index contributed by atoms with van der Waals surface area (Å²) < 4.78 is 26.1. The van der Waals surface area contributed by atoms with E-state index in [1.165, 1.54) is 22.8 Å². The molecule has 7 heteroatoms. The van der Waals surface area contributed by atoms with E-state index in [0.29, 0.717) is 17.4 Å². The Kier molecular flexibility index (Phi) is 3.29. The number of aromatic nitrogens is 1. The third-order valence-corrected chi connectivity index (χ3v) is 4.71. The second-order valence-electron chi connectivity index (χ2n) is 3.64. The highest BCUT2D eigenvalue weighted by Crippen LogP contribution is 2.22. The lowest BCUT2D eigenvalue weighted by Gasteiger charge is -2.15. The quantitative estimate of drug-likeness (QED) is 0.868. The molecule has 1 aliphatic rings. The number of sulfonamides is 1. The summed E-state index contributed by atoms with van der Waals surface area (Å²) in [4.78, 5) is 3.97. The molecule has 1 aliphatic heterocycles. The van der Waals surface area contributed by atoms with Crippen LogP contribution < -0.4 is 0 Å². The van der Waals surface area contributed by atoms with E-state index in [0.717, 1.165) is 0 Å². The minimum Gasteiger partial charge on any atom is -0.392 e. The molecule has 0 aliphatic carbocycles. The van der Waals surface area contributed by atoms with Gasteiger partial charge in [0.05, 0.1) is 6.10 Å². The summed E-state index contributed by atoms with van der Waals surface area (Å²) in [6.07, 6.45) is 2.76. The lowest BCUT2D eigenvalue weighted by Crippen LogP contribution is -2.29. The zero-order valence-corrected chi connectivity index (χ0v) is 10.8. The molecule has 1 N–H and O–H groups in total. The first-order valence-electron chi connectivity index (χ1n) is 4.79. The maximum Gasteiger partial charge on any atom is 0.244 e. The molecule has 2 heterocycles. The van der Waals surface area contributed by atoms with Gasteiger partial charge in [-0.2, -0.15) is 4.31 Å². The van der Waals surface area contributed by atoms with Crippen LogP contribution in [0.25, 0.3) is 0 Å². The van der Waals surface area contributed by atoms with Crippen LogP contribution in [0.3, 0.4) is 0 Å². The average Bonchev–Trinajstić information content (AvgIpc) is 2.65. The summed E-state index contributed by atoms with van der Waals surface area (Å²) >= 11 is 3.18. The van der Waals surface area contributed by atoms with Crippen LogP contribution in [0.5, 0.6) is 0 Å². The fourth-order valence-electron chi connectivity index (χ4n) is 1.61. The van der Waals surface area contributed by atoms with Crippen molar-refractivity contribution in [3.63, 3.8) is 0 Å². The van der Waals surface area contributed by atoms with Crippen molar-refractivity contribution in [3.8, 4) is 0 Å². The van der Waals surface area contributed by atoms with Gasteiger partial charge in [-0.15, -0.1) is 0 Å². The van der Waals surface area contributed by atoms with Gasteiger partial charge in [0, 0.05) is 30.0 Å². The van der Waals surface area contributed by atoms with Gasteiger partial charge in [-0.3, -0.25) is 4.98 Å². The van der Waals surface area contributed by atoms with E-state index >= 15 is 0 Å². The van der Waals surface area contributed by atoms with Crippen molar-refractivity contribution in [1.29, 1.82) is 0 Å². The van der Waals surface area contributed by atoms with Crippen molar-refractivity contribution in [1.82, 2.24) is 9.29 Å². The van der Waals surface area contributed by atoms with Crippen molar-refractivity contribution >= 4 is 26.0 Å². The largest absolute Gasteiger partial charge is 0.392 e. The van der Waals surface area contributed by atoms with E-state index < -0.39 is 16.1 Å². The van der Waals surface area contributed by atoms with Crippen LogP contribution in [0.1, 0.15) is 6.42 Å². The summed E-state index contributed by atoms with van der Waals surface area (Å²) in [5.74, 6) is 0. The number of rotatable bonds is 2. The molecule has 1 aromatic heterocycles. The van der Waals surface area contributed by atoms with E-state index in [1.807, 2.05) is 0 Å². The SMILES string of the molecule is O=S(=O)(c1cncc(Br)c1)N1CC[C@H](O)C1.